The summed E-state index contributed by atoms with van der Waals surface area (Å²) in [5.74, 6) is -2.90. The van der Waals surface area contributed by atoms with E-state index in [1.54, 1.807) is 48.5 Å². The number of esters is 4. The number of nitrogens with zero attached hydrogens (tertiary/aromatic N) is 2. The van der Waals surface area contributed by atoms with Crippen molar-refractivity contribution in [3.05, 3.63) is 70.7 Å². The van der Waals surface area contributed by atoms with E-state index in [9.17, 15) is 29.2 Å². The van der Waals surface area contributed by atoms with Crippen molar-refractivity contribution in [3.63, 3.8) is 0 Å². The van der Waals surface area contributed by atoms with Gasteiger partial charge in [-0.3, -0.25) is 28.5 Å². The van der Waals surface area contributed by atoms with Crippen LogP contribution in [0.15, 0.2) is 64.0 Å². The molecule has 1 aliphatic rings. The number of ether oxygens (including phenoxy) is 5. The molecule has 4 rings (SSSR count). The Kier molecular flexibility index (Phi) is 9.42. The standard InChI is InChI=1S/C30H28N2O11/c1-16(33)39-15-25-26(40-17(2)34)27(41-18(3)35)28(42-19(4)36)30(43-25)32-23(20-9-6-5-7-10-20)13-21(22(14-31)29(32)37)24-11-8-12-38-24/h5-13,25-28,30H,15H2,1-4H3/t25-,26+,27-,28-,30+/m0/s1. The number of carbonyl (C=O) groups is 4. The van der Waals surface area contributed by atoms with Gasteiger partial charge in [0, 0.05) is 33.3 Å². The minimum Gasteiger partial charge on any atom is -0.464 e. The zero-order valence-corrected chi connectivity index (χ0v) is 23.7. The van der Waals surface area contributed by atoms with Gasteiger partial charge < -0.3 is 28.1 Å². The van der Waals surface area contributed by atoms with Gasteiger partial charge >= 0.3 is 23.9 Å². The number of aromatic nitrogens is 1. The Morgan fingerprint density at radius 2 is 1.49 bits per heavy atom. The van der Waals surface area contributed by atoms with Crippen molar-refractivity contribution in [1.82, 2.24) is 4.57 Å². The molecule has 1 saturated heterocycles. The topological polar surface area (TPSA) is 173 Å². The number of nitriles is 1. The number of hydrogen-bond acceptors (Lipinski definition) is 12. The van der Waals surface area contributed by atoms with Crippen molar-refractivity contribution in [2.45, 2.75) is 58.3 Å². The third-order valence-corrected chi connectivity index (χ3v) is 6.43. The molecule has 3 heterocycles. The van der Waals surface area contributed by atoms with Gasteiger partial charge in [-0.2, -0.15) is 5.26 Å². The molecule has 1 aromatic carbocycles. The molecule has 0 saturated carbocycles. The maximum atomic E-state index is 14.2. The minimum absolute atomic E-state index is 0.193. The highest BCUT2D eigenvalue weighted by molar-refractivity contribution is 5.73. The lowest BCUT2D eigenvalue weighted by molar-refractivity contribution is -0.268. The predicted molar refractivity (Wildman–Crippen MR) is 146 cm³/mol. The van der Waals surface area contributed by atoms with Crippen molar-refractivity contribution >= 4 is 23.9 Å². The Labute approximate surface area is 245 Å². The van der Waals surface area contributed by atoms with Crippen LogP contribution in [0.25, 0.3) is 22.6 Å². The lowest BCUT2D eigenvalue weighted by atomic mass is 9.95. The van der Waals surface area contributed by atoms with Gasteiger partial charge in [0.1, 0.15) is 30.1 Å². The molecular formula is C30H28N2O11. The fourth-order valence-electron chi connectivity index (χ4n) is 4.86. The molecule has 0 spiro atoms. The van der Waals surface area contributed by atoms with Crippen molar-refractivity contribution in [2.24, 2.45) is 0 Å². The van der Waals surface area contributed by atoms with Crippen LogP contribution in [0.4, 0.5) is 0 Å². The summed E-state index contributed by atoms with van der Waals surface area (Å²) >= 11 is 0. The number of pyridine rings is 1. The van der Waals surface area contributed by atoms with Crippen LogP contribution >= 0.6 is 0 Å². The molecule has 43 heavy (non-hydrogen) atoms. The van der Waals surface area contributed by atoms with E-state index in [0.717, 1.165) is 32.3 Å². The molecule has 224 valence electrons. The van der Waals surface area contributed by atoms with Crippen molar-refractivity contribution in [1.29, 1.82) is 5.26 Å². The zero-order valence-electron chi connectivity index (χ0n) is 23.7. The van der Waals surface area contributed by atoms with Crippen LogP contribution in [0.1, 0.15) is 39.5 Å². The highest BCUT2D eigenvalue weighted by Crippen LogP contribution is 2.38. The fraction of sp³-hybridized carbons (Fsp3) is 0.333. The third kappa shape index (κ3) is 6.82. The first-order valence-electron chi connectivity index (χ1n) is 13.1. The van der Waals surface area contributed by atoms with E-state index in [0.29, 0.717) is 5.56 Å². The molecule has 0 radical (unpaired) electrons. The quantitative estimate of drug-likeness (QED) is 0.277. The van der Waals surface area contributed by atoms with Crippen LogP contribution in [-0.4, -0.2) is 59.5 Å². The summed E-state index contributed by atoms with van der Waals surface area (Å²) in [6, 6.07) is 15.3. The van der Waals surface area contributed by atoms with Crippen LogP contribution in [0.3, 0.4) is 0 Å². The van der Waals surface area contributed by atoms with E-state index in [2.05, 4.69) is 0 Å². The van der Waals surface area contributed by atoms with Gasteiger partial charge in [-0.25, -0.2) is 0 Å². The third-order valence-electron chi connectivity index (χ3n) is 6.43. The Bertz CT molecular complexity index is 1610. The number of benzene rings is 1. The molecule has 5 atom stereocenters. The van der Waals surface area contributed by atoms with Gasteiger partial charge in [0.05, 0.1) is 12.0 Å². The summed E-state index contributed by atoms with van der Waals surface area (Å²) in [6.45, 7) is 3.95. The largest absolute Gasteiger partial charge is 0.464 e. The van der Waals surface area contributed by atoms with E-state index >= 15 is 0 Å². The second-order valence-corrected chi connectivity index (χ2v) is 9.54. The highest BCUT2D eigenvalue weighted by atomic mass is 16.7. The van der Waals surface area contributed by atoms with Crippen molar-refractivity contribution < 1.29 is 47.3 Å². The van der Waals surface area contributed by atoms with Gasteiger partial charge in [0.25, 0.3) is 5.56 Å². The van der Waals surface area contributed by atoms with Crippen LogP contribution in [0, 0.1) is 11.3 Å². The number of carbonyl (C=O) groups excluding carboxylic acids is 4. The van der Waals surface area contributed by atoms with Gasteiger partial charge in [-0.15, -0.1) is 0 Å². The number of hydrogen-bond donors (Lipinski definition) is 0. The molecule has 0 aliphatic carbocycles. The monoisotopic (exact) mass is 592 g/mol. The molecule has 0 unspecified atom stereocenters. The zero-order chi connectivity index (χ0) is 31.3. The minimum atomic E-state index is -1.57. The molecular weight excluding hydrogens is 564 g/mol. The molecule has 13 heteroatoms. The van der Waals surface area contributed by atoms with Crippen molar-refractivity contribution in [2.75, 3.05) is 6.61 Å². The van der Waals surface area contributed by atoms with Crippen LogP contribution in [0.2, 0.25) is 0 Å². The number of rotatable bonds is 8. The van der Waals surface area contributed by atoms with Gasteiger partial charge in [-0.05, 0) is 23.8 Å². The van der Waals surface area contributed by atoms with Gasteiger partial charge in [0.15, 0.2) is 24.5 Å². The molecule has 1 fully saturated rings. The molecule has 0 bridgehead atoms. The average molecular weight is 593 g/mol. The highest BCUT2D eigenvalue weighted by Gasteiger charge is 2.53. The van der Waals surface area contributed by atoms with Gasteiger partial charge in [-0.1, -0.05) is 30.3 Å². The fourth-order valence-corrected chi connectivity index (χ4v) is 4.86. The Morgan fingerprint density at radius 1 is 0.860 bits per heavy atom. The maximum absolute atomic E-state index is 14.2. The average Bonchev–Trinajstić information content (AvgIpc) is 3.49. The smallest absolute Gasteiger partial charge is 0.303 e. The first-order valence-corrected chi connectivity index (χ1v) is 13.1. The summed E-state index contributed by atoms with van der Waals surface area (Å²) in [4.78, 5) is 62.7. The lowest BCUT2D eigenvalue weighted by Crippen LogP contribution is -2.61. The van der Waals surface area contributed by atoms with E-state index in [4.69, 9.17) is 28.1 Å². The van der Waals surface area contributed by atoms with Crippen LogP contribution in [0.5, 0.6) is 0 Å². The first kappa shape index (κ1) is 30.7. The van der Waals surface area contributed by atoms with E-state index in [-0.39, 0.29) is 22.6 Å². The second kappa shape index (κ2) is 13.2. The normalized spacial score (nSPS) is 21.2. The molecule has 13 nitrogen and oxygen atoms in total. The van der Waals surface area contributed by atoms with E-state index < -0.39 is 66.7 Å². The number of furan rings is 1. The van der Waals surface area contributed by atoms with Crippen LogP contribution < -0.4 is 5.56 Å². The summed E-state index contributed by atoms with van der Waals surface area (Å²) < 4.78 is 34.5. The summed E-state index contributed by atoms with van der Waals surface area (Å²) in [6.07, 6.45) is -5.99. The molecule has 3 aromatic rings. The van der Waals surface area contributed by atoms with Gasteiger partial charge in [0.2, 0.25) is 0 Å². The Morgan fingerprint density at radius 3 is 2.05 bits per heavy atom. The van der Waals surface area contributed by atoms with Crippen molar-refractivity contribution in [3.8, 4) is 28.7 Å². The van der Waals surface area contributed by atoms with Crippen LogP contribution in [-0.2, 0) is 42.9 Å². The second-order valence-electron chi connectivity index (χ2n) is 9.54. The predicted octanol–water partition coefficient (Wildman–Crippen LogP) is 2.90. The SMILES string of the molecule is CC(=O)OC[C@@H]1O[C@@H](n2c(-c3ccccc3)cc(-c3ccco3)c(C#N)c2=O)[C@@H](OC(C)=O)[C@@H](OC(C)=O)[C@@H]1OC(C)=O. The lowest BCUT2D eigenvalue weighted by Gasteiger charge is -2.45. The molecule has 0 amide bonds. The Hall–Kier alpha value is -5.22. The summed E-state index contributed by atoms with van der Waals surface area (Å²) in [5, 5.41) is 10.1. The summed E-state index contributed by atoms with van der Waals surface area (Å²) in [5.41, 5.74) is -0.251. The molecule has 1 aliphatic heterocycles. The maximum Gasteiger partial charge on any atom is 0.303 e. The molecule has 0 N–H and O–H groups in total. The summed E-state index contributed by atoms with van der Waals surface area (Å²) in [7, 11) is 0. The van der Waals surface area contributed by atoms with E-state index in [1.165, 1.54) is 6.26 Å². The van der Waals surface area contributed by atoms with E-state index in [1.807, 2.05) is 6.07 Å². The Balaban J connectivity index is 2.03. The molecule has 2 aromatic heterocycles. The first-order chi connectivity index (χ1) is 20.5.